The normalized spacial score (nSPS) is 12.1. The largest absolute Gasteiger partial charge is 0.289 e. The van der Waals surface area contributed by atoms with Gasteiger partial charge in [0.15, 0.2) is 5.78 Å². The minimum atomic E-state index is -4.32. The summed E-state index contributed by atoms with van der Waals surface area (Å²) in [5, 5.41) is 0. The van der Waals surface area contributed by atoms with E-state index in [4.69, 9.17) is 0 Å². The van der Waals surface area contributed by atoms with Gasteiger partial charge >= 0.3 is 0 Å². The molecular weight excluding hydrogens is 472 g/mol. The SMILES string of the molecule is CC(C)c1cccc(CCS(=O)(=O)OS(=O)(=O)CCc2cccc(C(=O)c3ccccc3)c2)c1. The summed E-state index contributed by atoms with van der Waals surface area (Å²) in [6.45, 7) is 4.08. The smallest absolute Gasteiger partial charge is 0.282 e. The monoisotopic (exact) mass is 500 g/mol. The zero-order valence-electron chi connectivity index (χ0n) is 19.2. The Bertz CT molecular complexity index is 1340. The van der Waals surface area contributed by atoms with Crippen molar-refractivity contribution in [1.82, 2.24) is 0 Å². The van der Waals surface area contributed by atoms with E-state index in [1.54, 1.807) is 54.6 Å². The van der Waals surface area contributed by atoms with Crippen molar-refractivity contribution in [1.29, 1.82) is 0 Å². The van der Waals surface area contributed by atoms with Crippen LogP contribution in [-0.2, 0) is 36.7 Å². The second kappa shape index (κ2) is 11.1. The average molecular weight is 501 g/mol. The van der Waals surface area contributed by atoms with Crippen LogP contribution >= 0.6 is 0 Å². The standard InChI is InChI=1S/C26H28O6S2/c1-20(2)24-12-6-8-21(18-24)14-16-33(28,29)32-34(30,31)17-15-22-9-7-13-25(19-22)26(27)23-10-4-3-5-11-23/h3-13,18-20H,14-17H2,1-2H3. The van der Waals surface area contributed by atoms with Gasteiger partial charge in [-0.3, -0.25) is 4.79 Å². The maximum atomic E-state index is 12.6. The fourth-order valence-corrected chi connectivity index (χ4v) is 6.22. The van der Waals surface area contributed by atoms with Crippen LogP contribution in [0.15, 0.2) is 78.9 Å². The fraction of sp³-hybridized carbons (Fsp3) is 0.269. The fourth-order valence-electron chi connectivity index (χ4n) is 3.44. The van der Waals surface area contributed by atoms with Crippen molar-refractivity contribution < 1.29 is 25.3 Å². The molecule has 3 aromatic rings. The Balaban J connectivity index is 1.60. The van der Waals surface area contributed by atoms with Gasteiger partial charge in [-0.2, -0.15) is 16.8 Å². The number of aryl methyl sites for hydroxylation is 2. The molecule has 0 aliphatic carbocycles. The molecule has 3 rings (SSSR count). The van der Waals surface area contributed by atoms with Crippen molar-refractivity contribution in [3.63, 3.8) is 0 Å². The number of hydrogen-bond donors (Lipinski definition) is 0. The van der Waals surface area contributed by atoms with Gasteiger partial charge in [-0.05, 0) is 41.5 Å². The first-order chi connectivity index (χ1) is 16.0. The predicted molar refractivity (Wildman–Crippen MR) is 133 cm³/mol. The molecule has 0 aliphatic rings. The summed E-state index contributed by atoms with van der Waals surface area (Å²) in [7, 11) is -8.60. The first-order valence-corrected chi connectivity index (χ1v) is 14.1. The van der Waals surface area contributed by atoms with E-state index >= 15 is 0 Å². The van der Waals surface area contributed by atoms with Crippen molar-refractivity contribution in [2.45, 2.75) is 32.6 Å². The number of carbonyl (C=O) groups is 1. The minimum absolute atomic E-state index is 0.0181. The molecule has 0 radical (unpaired) electrons. The van der Waals surface area contributed by atoms with E-state index in [0.29, 0.717) is 22.6 Å². The van der Waals surface area contributed by atoms with E-state index in [-0.39, 0.29) is 18.6 Å². The Kier molecular flexibility index (Phi) is 8.41. The predicted octanol–water partition coefficient (Wildman–Crippen LogP) is 4.50. The second-order valence-electron chi connectivity index (χ2n) is 8.39. The zero-order valence-corrected chi connectivity index (χ0v) is 20.8. The number of ketones is 1. The summed E-state index contributed by atoms with van der Waals surface area (Å²) in [5.41, 5.74) is 3.43. The van der Waals surface area contributed by atoms with Crippen LogP contribution < -0.4 is 0 Å². The lowest BCUT2D eigenvalue weighted by molar-refractivity contribution is 0.103. The highest BCUT2D eigenvalue weighted by Gasteiger charge is 2.23. The molecular formula is C26H28O6S2. The molecule has 6 nitrogen and oxygen atoms in total. The summed E-state index contributed by atoms with van der Waals surface area (Å²) in [6.07, 6.45) is 0.173. The lowest BCUT2D eigenvalue weighted by atomic mass is 10.0. The molecule has 0 heterocycles. The van der Waals surface area contributed by atoms with E-state index in [0.717, 1.165) is 11.1 Å². The zero-order chi connectivity index (χ0) is 24.8. The van der Waals surface area contributed by atoms with Crippen LogP contribution in [0.3, 0.4) is 0 Å². The molecule has 0 amide bonds. The molecule has 0 N–H and O–H groups in total. The van der Waals surface area contributed by atoms with E-state index < -0.39 is 31.7 Å². The van der Waals surface area contributed by atoms with Gasteiger partial charge in [0.1, 0.15) is 0 Å². The maximum absolute atomic E-state index is 12.6. The van der Waals surface area contributed by atoms with Gasteiger partial charge in [0.2, 0.25) is 0 Å². The van der Waals surface area contributed by atoms with Gasteiger partial charge < -0.3 is 0 Å². The van der Waals surface area contributed by atoms with Crippen LogP contribution in [-0.4, -0.2) is 34.1 Å². The molecule has 0 aliphatic heterocycles. The van der Waals surface area contributed by atoms with Gasteiger partial charge in [0, 0.05) is 11.1 Å². The van der Waals surface area contributed by atoms with Gasteiger partial charge in [0.25, 0.3) is 20.2 Å². The lowest BCUT2D eigenvalue weighted by Crippen LogP contribution is -2.21. The van der Waals surface area contributed by atoms with Crippen LogP contribution in [0.25, 0.3) is 0 Å². The quantitative estimate of drug-likeness (QED) is 0.360. The molecule has 34 heavy (non-hydrogen) atoms. The minimum Gasteiger partial charge on any atom is -0.289 e. The van der Waals surface area contributed by atoms with Gasteiger partial charge in [-0.1, -0.05) is 86.6 Å². The molecule has 0 unspecified atom stereocenters. The average Bonchev–Trinajstić information content (AvgIpc) is 2.81. The number of rotatable bonds is 11. The van der Waals surface area contributed by atoms with Crippen LogP contribution in [0, 0.1) is 0 Å². The summed E-state index contributed by atoms with van der Waals surface area (Å²) in [4.78, 5) is 12.6. The first-order valence-electron chi connectivity index (χ1n) is 11.0. The number of hydrogen-bond acceptors (Lipinski definition) is 6. The van der Waals surface area contributed by atoms with Crippen molar-refractivity contribution in [3.8, 4) is 0 Å². The van der Waals surface area contributed by atoms with Crippen molar-refractivity contribution in [2.75, 3.05) is 11.5 Å². The van der Waals surface area contributed by atoms with Gasteiger partial charge in [0.05, 0.1) is 11.5 Å². The Labute approximate surface area is 201 Å². The molecule has 8 heteroatoms. The van der Waals surface area contributed by atoms with Crippen molar-refractivity contribution in [2.24, 2.45) is 0 Å². The van der Waals surface area contributed by atoms with Crippen LogP contribution in [0.5, 0.6) is 0 Å². The first kappa shape index (κ1) is 25.8. The Morgan fingerprint density at radius 2 is 1.24 bits per heavy atom. The third-order valence-corrected chi connectivity index (χ3v) is 8.40. The summed E-state index contributed by atoms with van der Waals surface area (Å²) in [5.74, 6) is -0.826. The third-order valence-electron chi connectivity index (χ3n) is 5.33. The molecule has 0 bridgehead atoms. The van der Waals surface area contributed by atoms with E-state index in [1.807, 2.05) is 38.1 Å². The van der Waals surface area contributed by atoms with Crippen LogP contribution in [0.4, 0.5) is 0 Å². The summed E-state index contributed by atoms with van der Waals surface area (Å²) in [6, 6.07) is 22.9. The van der Waals surface area contributed by atoms with Gasteiger partial charge in [-0.25, -0.2) is 0 Å². The van der Waals surface area contributed by atoms with Crippen molar-refractivity contribution in [3.05, 3.63) is 107 Å². The summed E-state index contributed by atoms with van der Waals surface area (Å²) >= 11 is 0. The molecule has 0 aromatic heterocycles. The Hall–Kier alpha value is -2.81. The third kappa shape index (κ3) is 7.62. The highest BCUT2D eigenvalue weighted by atomic mass is 32.3. The second-order valence-corrected chi connectivity index (χ2v) is 12.0. The molecule has 0 saturated heterocycles. The van der Waals surface area contributed by atoms with E-state index in [9.17, 15) is 21.6 Å². The van der Waals surface area contributed by atoms with Crippen molar-refractivity contribution >= 4 is 26.0 Å². The Morgan fingerprint density at radius 3 is 1.82 bits per heavy atom. The molecule has 0 atom stereocenters. The molecule has 0 spiro atoms. The topological polar surface area (TPSA) is 94.6 Å². The number of carbonyl (C=O) groups excluding carboxylic acids is 1. The van der Waals surface area contributed by atoms with E-state index in [1.165, 1.54) is 0 Å². The van der Waals surface area contributed by atoms with E-state index in [2.05, 4.69) is 3.63 Å². The highest BCUT2D eigenvalue weighted by Crippen LogP contribution is 2.17. The van der Waals surface area contributed by atoms with Crippen LogP contribution in [0.2, 0.25) is 0 Å². The van der Waals surface area contributed by atoms with Crippen LogP contribution in [0.1, 0.15) is 52.4 Å². The Morgan fingerprint density at radius 1 is 0.706 bits per heavy atom. The highest BCUT2D eigenvalue weighted by molar-refractivity contribution is 7.99. The molecule has 0 saturated carbocycles. The lowest BCUT2D eigenvalue weighted by Gasteiger charge is -2.09. The summed E-state index contributed by atoms with van der Waals surface area (Å²) < 4.78 is 53.9. The molecule has 0 fully saturated rings. The van der Waals surface area contributed by atoms with Gasteiger partial charge in [-0.15, -0.1) is 3.63 Å². The number of benzene rings is 3. The molecule has 180 valence electrons. The molecule has 3 aromatic carbocycles. The maximum Gasteiger partial charge on any atom is 0.282 e.